The van der Waals surface area contributed by atoms with Gasteiger partial charge in [0.2, 0.25) is 0 Å². The molecule has 1 N–H and O–H groups in total. The van der Waals surface area contributed by atoms with Crippen LogP contribution in [0.5, 0.6) is 0 Å². The largest absolute Gasteiger partial charge is 0.465 e. The monoisotopic (exact) mass is 298 g/mol. The van der Waals surface area contributed by atoms with Crippen LogP contribution in [-0.2, 0) is 9.53 Å². The van der Waals surface area contributed by atoms with E-state index in [-0.39, 0.29) is 12.0 Å². The van der Waals surface area contributed by atoms with E-state index in [1.165, 1.54) is 6.42 Å². The maximum atomic E-state index is 12.4. The van der Waals surface area contributed by atoms with Crippen LogP contribution in [-0.4, -0.2) is 48.2 Å². The first kappa shape index (κ1) is 18.4. The predicted molar refractivity (Wildman–Crippen MR) is 87.4 cm³/mol. The molecule has 0 radical (unpaired) electrons. The van der Waals surface area contributed by atoms with Gasteiger partial charge in [-0.3, -0.25) is 10.1 Å². The lowest BCUT2D eigenvalue weighted by molar-refractivity contribution is -0.151. The fourth-order valence-electron chi connectivity index (χ4n) is 3.38. The minimum Gasteiger partial charge on any atom is -0.465 e. The van der Waals surface area contributed by atoms with Crippen LogP contribution in [0.1, 0.15) is 61.3 Å². The van der Waals surface area contributed by atoms with E-state index in [1.807, 2.05) is 13.8 Å². The average Bonchev–Trinajstić information content (AvgIpc) is 2.69. The number of likely N-dealkylation sites (tertiary alicyclic amines) is 1. The van der Waals surface area contributed by atoms with Crippen molar-refractivity contribution in [3.8, 4) is 0 Å². The summed E-state index contributed by atoms with van der Waals surface area (Å²) in [5, 5.41) is 3.41. The molecular formula is C17H34N2O2. The third kappa shape index (κ3) is 5.26. The molecule has 124 valence electrons. The fraction of sp³-hybridized carbons (Fsp3) is 0.941. The molecule has 1 aliphatic heterocycles. The Bertz CT molecular complexity index is 355. The molecule has 1 heterocycles. The molecule has 0 bridgehead atoms. The Labute approximate surface area is 130 Å². The molecule has 1 fully saturated rings. The minimum absolute atomic E-state index is 0.135. The molecule has 1 rings (SSSR count). The average molecular weight is 298 g/mol. The van der Waals surface area contributed by atoms with E-state index in [2.05, 4.69) is 44.8 Å². The SMILES string of the molecule is CCOC(=O)C(C)(CC(C)N1CCC(C)(C)C1)NC(C)C. The van der Waals surface area contributed by atoms with Gasteiger partial charge in [-0.25, -0.2) is 0 Å². The summed E-state index contributed by atoms with van der Waals surface area (Å²) in [6.07, 6.45) is 2.01. The zero-order valence-electron chi connectivity index (χ0n) is 15.0. The second-order valence-electron chi connectivity index (χ2n) is 7.79. The summed E-state index contributed by atoms with van der Waals surface area (Å²) >= 11 is 0. The number of ether oxygens (including phenoxy) is 1. The van der Waals surface area contributed by atoms with Crippen molar-refractivity contribution in [1.29, 1.82) is 0 Å². The van der Waals surface area contributed by atoms with Crippen LogP contribution < -0.4 is 5.32 Å². The van der Waals surface area contributed by atoms with Gasteiger partial charge in [0.15, 0.2) is 0 Å². The summed E-state index contributed by atoms with van der Waals surface area (Å²) in [7, 11) is 0. The van der Waals surface area contributed by atoms with Gasteiger partial charge in [0, 0.05) is 18.6 Å². The van der Waals surface area contributed by atoms with Gasteiger partial charge >= 0.3 is 5.97 Å². The highest BCUT2D eigenvalue weighted by atomic mass is 16.5. The van der Waals surface area contributed by atoms with Gasteiger partial charge < -0.3 is 9.64 Å². The van der Waals surface area contributed by atoms with E-state index in [4.69, 9.17) is 4.74 Å². The lowest BCUT2D eigenvalue weighted by Crippen LogP contribution is -2.56. The van der Waals surface area contributed by atoms with Crippen molar-refractivity contribution in [3.05, 3.63) is 0 Å². The highest BCUT2D eigenvalue weighted by Gasteiger charge is 2.40. The van der Waals surface area contributed by atoms with Gasteiger partial charge in [-0.1, -0.05) is 13.8 Å². The highest BCUT2D eigenvalue weighted by Crippen LogP contribution is 2.32. The number of carbonyl (C=O) groups is 1. The molecule has 0 aromatic heterocycles. The predicted octanol–water partition coefficient (Wildman–Crippen LogP) is 2.82. The number of hydrogen-bond acceptors (Lipinski definition) is 4. The topological polar surface area (TPSA) is 41.6 Å². The quantitative estimate of drug-likeness (QED) is 0.734. The molecule has 1 saturated heterocycles. The molecule has 0 aliphatic carbocycles. The van der Waals surface area contributed by atoms with Crippen LogP contribution >= 0.6 is 0 Å². The van der Waals surface area contributed by atoms with Crippen LogP contribution in [0.2, 0.25) is 0 Å². The number of nitrogens with zero attached hydrogens (tertiary/aromatic N) is 1. The zero-order chi connectivity index (χ0) is 16.3. The number of rotatable bonds is 7. The molecule has 0 amide bonds. The van der Waals surface area contributed by atoms with Gasteiger partial charge in [0.25, 0.3) is 0 Å². The van der Waals surface area contributed by atoms with Gasteiger partial charge in [0.05, 0.1) is 6.61 Å². The van der Waals surface area contributed by atoms with Gasteiger partial charge in [0.1, 0.15) is 5.54 Å². The van der Waals surface area contributed by atoms with Crippen LogP contribution in [0.4, 0.5) is 0 Å². The lowest BCUT2D eigenvalue weighted by atomic mass is 9.91. The maximum absolute atomic E-state index is 12.4. The Morgan fingerprint density at radius 1 is 1.38 bits per heavy atom. The summed E-state index contributed by atoms with van der Waals surface area (Å²) in [5.74, 6) is -0.135. The molecule has 2 unspecified atom stereocenters. The fourth-order valence-corrected chi connectivity index (χ4v) is 3.38. The third-order valence-electron chi connectivity index (χ3n) is 4.37. The Balaban J connectivity index is 2.74. The normalized spacial score (nSPS) is 23.0. The number of esters is 1. The van der Waals surface area contributed by atoms with E-state index in [0.29, 0.717) is 18.1 Å². The van der Waals surface area contributed by atoms with Crippen LogP contribution in [0.15, 0.2) is 0 Å². The van der Waals surface area contributed by atoms with Gasteiger partial charge in [-0.15, -0.1) is 0 Å². The van der Waals surface area contributed by atoms with E-state index in [9.17, 15) is 4.79 Å². The first-order valence-electron chi connectivity index (χ1n) is 8.28. The molecule has 21 heavy (non-hydrogen) atoms. The first-order chi connectivity index (χ1) is 9.59. The first-order valence-corrected chi connectivity index (χ1v) is 8.28. The maximum Gasteiger partial charge on any atom is 0.326 e. The van der Waals surface area contributed by atoms with Crippen molar-refractivity contribution in [3.63, 3.8) is 0 Å². The molecule has 0 spiro atoms. The van der Waals surface area contributed by atoms with Crippen molar-refractivity contribution in [1.82, 2.24) is 10.2 Å². The van der Waals surface area contributed by atoms with E-state index < -0.39 is 5.54 Å². The molecule has 0 saturated carbocycles. The standard InChI is InChI=1S/C17H34N2O2/c1-8-21-15(20)17(7,18-13(2)3)11-14(4)19-10-9-16(5,6)12-19/h13-14,18H,8-12H2,1-7H3. The Hall–Kier alpha value is -0.610. The lowest BCUT2D eigenvalue weighted by Gasteiger charge is -2.36. The van der Waals surface area contributed by atoms with Gasteiger partial charge in [-0.2, -0.15) is 0 Å². The number of carbonyl (C=O) groups excluding carboxylic acids is 1. The second-order valence-corrected chi connectivity index (χ2v) is 7.79. The summed E-state index contributed by atoms with van der Waals surface area (Å²) in [6.45, 7) is 17.5. The molecule has 1 aliphatic rings. The minimum atomic E-state index is -0.615. The zero-order valence-corrected chi connectivity index (χ0v) is 15.0. The van der Waals surface area contributed by atoms with Crippen LogP contribution in [0, 0.1) is 5.41 Å². The van der Waals surface area contributed by atoms with Gasteiger partial charge in [-0.05, 0) is 59.4 Å². The van der Waals surface area contributed by atoms with Crippen molar-refractivity contribution in [2.24, 2.45) is 5.41 Å². The van der Waals surface area contributed by atoms with E-state index in [1.54, 1.807) is 0 Å². The van der Waals surface area contributed by atoms with E-state index in [0.717, 1.165) is 19.5 Å². The Morgan fingerprint density at radius 3 is 2.43 bits per heavy atom. The number of nitrogens with one attached hydrogen (secondary N) is 1. The molecule has 0 aromatic rings. The summed E-state index contributed by atoms with van der Waals surface area (Å²) < 4.78 is 5.29. The van der Waals surface area contributed by atoms with Crippen LogP contribution in [0.3, 0.4) is 0 Å². The molecule has 4 nitrogen and oxygen atoms in total. The summed E-state index contributed by atoms with van der Waals surface area (Å²) in [5.41, 5.74) is -0.226. The smallest absolute Gasteiger partial charge is 0.326 e. The highest BCUT2D eigenvalue weighted by molar-refractivity contribution is 5.80. The Kier molecular flexibility index (Phi) is 6.23. The second kappa shape index (κ2) is 7.10. The van der Waals surface area contributed by atoms with Crippen molar-refractivity contribution in [2.45, 2.75) is 78.9 Å². The summed E-state index contributed by atoms with van der Waals surface area (Å²) in [6, 6.07) is 0.619. The van der Waals surface area contributed by atoms with E-state index >= 15 is 0 Å². The van der Waals surface area contributed by atoms with Crippen LogP contribution in [0.25, 0.3) is 0 Å². The number of hydrogen-bond donors (Lipinski definition) is 1. The van der Waals surface area contributed by atoms with Crippen molar-refractivity contribution >= 4 is 5.97 Å². The summed E-state index contributed by atoms with van der Waals surface area (Å²) in [4.78, 5) is 14.9. The molecule has 4 heteroatoms. The van der Waals surface area contributed by atoms with Crippen molar-refractivity contribution < 1.29 is 9.53 Å². The third-order valence-corrected chi connectivity index (χ3v) is 4.37. The Morgan fingerprint density at radius 2 is 2.00 bits per heavy atom. The van der Waals surface area contributed by atoms with Crippen molar-refractivity contribution in [2.75, 3.05) is 19.7 Å². The molecular weight excluding hydrogens is 264 g/mol. The molecule has 0 aromatic carbocycles. The molecule has 2 atom stereocenters.